The minimum Gasteiger partial charge on any atom is -0.349 e. The van der Waals surface area contributed by atoms with Crippen molar-refractivity contribution >= 4 is 93.2 Å². The second-order valence-electron chi connectivity index (χ2n) is 30.0. The molecule has 2 aliphatic carbocycles. The van der Waals surface area contributed by atoms with Crippen LogP contribution in [-0.4, -0.2) is 24.2 Å². The van der Waals surface area contributed by atoms with Crippen LogP contribution >= 0.6 is 0 Å². The summed E-state index contributed by atoms with van der Waals surface area (Å²) in [4.78, 5) is 0. The highest BCUT2D eigenvalue weighted by Gasteiger charge is 2.37. The van der Waals surface area contributed by atoms with E-state index in [-0.39, 0.29) is 16.9 Å². The van der Waals surface area contributed by atoms with Gasteiger partial charge in [0.1, 0.15) is 0 Å². The molecule has 4 heterocycles. The highest BCUT2D eigenvalue weighted by molar-refractivity contribution is 6.16. The second-order valence-corrected chi connectivity index (χ2v) is 30.0. The summed E-state index contributed by atoms with van der Waals surface area (Å²) in [6, 6.07) is 123. The monoisotopic (exact) mass is 1340 g/mol. The van der Waals surface area contributed by atoms with Gasteiger partial charge < -0.3 is 19.0 Å². The van der Waals surface area contributed by atoms with Gasteiger partial charge in [0.25, 0.3) is 0 Å². The van der Waals surface area contributed by atoms with Gasteiger partial charge in [-0.15, -0.1) is 0 Å². The van der Waals surface area contributed by atoms with Crippen molar-refractivity contribution in [2.75, 3.05) is 0 Å². The average Bonchev–Trinajstić information content (AvgIpc) is 1.58. The number of benzene rings is 15. The van der Waals surface area contributed by atoms with Gasteiger partial charge in [-0.25, -0.2) is 0 Å². The Kier molecular flexibility index (Phi) is 13.3. The lowest BCUT2D eigenvalue weighted by Gasteiger charge is -2.22. The summed E-state index contributed by atoms with van der Waals surface area (Å²) >= 11 is 0. The van der Waals surface area contributed by atoms with E-state index in [9.17, 15) is 5.41 Å². The number of rotatable bonds is 10. The van der Waals surface area contributed by atoms with E-state index in [1.54, 1.807) is 0 Å². The van der Waals surface area contributed by atoms with Crippen LogP contribution in [0.3, 0.4) is 0 Å². The molecule has 1 unspecified atom stereocenters. The topological polar surface area (TPSA) is 55.6 Å². The molecule has 0 spiro atoms. The number of nitrogens with one attached hydrogen (secondary N) is 2. The quantitative estimate of drug-likeness (QED) is 0.104. The third kappa shape index (κ3) is 9.25. The number of hydrogen-bond acceptors (Lipinski definition) is 1. The lowest BCUT2D eigenvalue weighted by molar-refractivity contribution is 0.632. The van der Waals surface area contributed by atoms with Crippen LogP contribution in [0.1, 0.15) is 67.1 Å². The number of nitrogens with zero attached hydrogens (tertiary/aromatic N) is 4. The first-order chi connectivity index (χ1) is 51.5. The molecule has 0 radical (unpaired) electrons. The lowest BCUT2D eigenvalue weighted by Crippen LogP contribution is -2.34. The molecule has 6 heteroatoms. The molecule has 4 aromatic heterocycles. The molecule has 15 aromatic carbocycles. The zero-order valence-corrected chi connectivity index (χ0v) is 58.8. The Labute approximate surface area is 609 Å². The van der Waals surface area contributed by atoms with E-state index in [1.807, 2.05) is 0 Å². The van der Waals surface area contributed by atoms with Gasteiger partial charge in [-0.05, 0) is 205 Å². The minimum absolute atomic E-state index is 0.0893. The second kappa shape index (κ2) is 23.0. The van der Waals surface area contributed by atoms with Crippen LogP contribution in [0.2, 0.25) is 0 Å². The number of hydrogen-bond donors (Lipinski definition) is 2. The molecule has 0 bridgehead atoms. The number of aromatic nitrogens is 4. The first-order valence-corrected chi connectivity index (χ1v) is 36.7. The molecule has 1 atom stereocenters. The van der Waals surface area contributed by atoms with Gasteiger partial charge in [-0.3, -0.25) is 9.98 Å². The van der Waals surface area contributed by atoms with Crippen LogP contribution in [-0.2, 0) is 17.3 Å². The van der Waals surface area contributed by atoms with Crippen LogP contribution in [0, 0.1) is 5.41 Å². The van der Waals surface area contributed by atoms with Gasteiger partial charge in [0.05, 0.1) is 50.2 Å². The molecule has 0 fully saturated rings. The van der Waals surface area contributed by atoms with Gasteiger partial charge in [0, 0.05) is 71.0 Å². The molecule has 105 heavy (non-hydrogen) atoms. The summed E-state index contributed by atoms with van der Waals surface area (Å²) in [6.07, 6.45) is 0.684. The Hall–Kier alpha value is -13.0. The van der Waals surface area contributed by atoms with Gasteiger partial charge in [-0.2, -0.15) is 0 Å². The summed E-state index contributed by atoms with van der Waals surface area (Å²) < 4.78 is 9.41. The molecule has 2 aliphatic rings. The largest absolute Gasteiger partial charge is 0.349 e. The van der Waals surface area contributed by atoms with E-state index in [0.717, 1.165) is 55.3 Å². The maximum Gasteiger partial charge on any atom is 0.200 e. The summed E-state index contributed by atoms with van der Waals surface area (Å²) in [7, 11) is 0. The third-order valence-corrected chi connectivity index (χ3v) is 23.6. The lowest BCUT2D eigenvalue weighted by atomic mass is 9.82. The van der Waals surface area contributed by atoms with Crippen LogP contribution in [0.15, 0.2) is 334 Å². The highest BCUT2D eigenvalue weighted by Crippen LogP contribution is 2.52. The van der Waals surface area contributed by atoms with Crippen LogP contribution in [0.4, 0.5) is 0 Å². The van der Waals surface area contributed by atoms with Crippen molar-refractivity contribution in [2.24, 2.45) is 0 Å². The smallest absolute Gasteiger partial charge is 0.200 e. The molecule has 2 N–H and O–H groups in total. The van der Waals surface area contributed by atoms with E-state index in [2.05, 4.69) is 385 Å². The predicted octanol–water partition coefficient (Wildman–Crippen LogP) is 25.1. The minimum atomic E-state index is -0.180. The molecular weight excluding hydrogens is 1270 g/mol. The van der Waals surface area contributed by atoms with Crippen molar-refractivity contribution in [3.8, 4) is 72.7 Å². The zero-order valence-electron chi connectivity index (χ0n) is 58.8. The Balaban J connectivity index is 0.552. The Morgan fingerprint density at radius 1 is 0.286 bits per heavy atom. The standard InChI is InChI=1S/C99H72N6/c1-98(2)84-28-14-8-22-72(84)74-48-46-70(59-86(74)98)103-90-31-17-11-25-77(90)81-56-66(41-51-94(81)103)65-40-50-93-80(55-65)76-24-10-16-30-89(76)102(93)69-44-38-63(39-45-69)62-36-34-61(35-37-62)54-88(64-20-6-5-7-21-64)101-97(100)105-92-33-19-13-27-79(92)83-58-68(43-53-96(83)105)67-42-52-95-82(57-67)78-26-12-18-32-91(78)104(95)71-47-49-75-73-23-9-15-29-85(73)99(3,4)87(75)60-71/h5-53,55-60,88H,54H2,1-4H3,(H2,100,101). The average molecular weight is 1350 g/mol. The van der Waals surface area contributed by atoms with E-state index < -0.39 is 0 Å². The van der Waals surface area contributed by atoms with Crippen LogP contribution in [0.5, 0.6) is 0 Å². The Morgan fingerprint density at radius 2 is 0.610 bits per heavy atom. The van der Waals surface area contributed by atoms with E-state index in [4.69, 9.17) is 0 Å². The molecule has 0 amide bonds. The van der Waals surface area contributed by atoms with Crippen molar-refractivity contribution < 1.29 is 0 Å². The molecule has 0 saturated heterocycles. The summed E-state index contributed by atoms with van der Waals surface area (Å²) in [6.45, 7) is 9.43. The fourth-order valence-electron chi connectivity index (χ4n) is 18.4. The molecular formula is C99H72N6. The van der Waals surface area contributed by atoms with Gasteiger partial charge in [-0.1, -0.05) is 252 Å². The fraction of sp³-hybridized carbons (Fsp3) is 0.0808. The van der Waals surface area contributed by atoms with Crippen molar-refractivity contribution in [2.45, 2.75) is 51.0 Å². The number of fused-ring (bicyclic) bond motifs is 18. The molecule has 0 aliphatic heterocycles. The molecule has 21 rings (SSSR count). The van der Waals surface area contributed by atoms with Gasteiger partial charge in [0.15, 0.2) is 0 Å². The first-order valence-electron chi connectivity index (χ1n) is 36.7. The third-order valence-electron chi connectivity index (χ3n) is 23.6. The van der Waals surface area contributed by atoms with Gasteiger partial charge in [0.2, 0.25) is 5.96 Å². The van der Waals surface area contributed by atoms with Crippen LogP contribution in [0.25, 0.3) is 160 Å². The predicted molar refractivity (Wildman–Crippen MR) is 439 cm³/mol. The molecule has 0 saturated carbocycles. The summed E-state index contributed by atoms with van der Waals surface area (Å²) in [5.74, 6) is 0.330. The maximum absolute atomic E-state index is 10.0. The maximum atomic E-state index is 10.0. The van der Waals surface area contributed by atoms with E-state index in [1.165, 1.54) is 138 Å². The number of para-hydroxylation sites is 4. The summed E-state index contributed by atoms with van der Waals surface area (Å²) in [5, 5.41) is 23.4. The van der Waals surface area contributed by atoms with E-state index in [0.29, 0.717) is 12.4 Å². The van der Waals surface area contributed by atoms with Crippen molar-refractivity contribution in [1.82, 2.24) is 23.6 Å². The van der Waals surface area contributed by atoms with E-state index >= 15 is 0 Å². The van der Waals surface area contributed by atoms with Crippen molar-refractivity contribution in [3.63, 3.8) is 0 Å². The molecule has 6 nitrogen and oxygen atoms in total. The molecule has 498 valence electrons. The van der Waals surface area contributed by atoms with Gasteiger partial charge >= 0.3 is 0 Å². The Morgan fingerprint density at radius 3 is 1.08 bits per heavy atom. The van der Waals surface area contributed by atoms with Crippen LogP contribution < -0.4 is 5.32 Å². The fourth-order valence-corrected chi connectivity index (χ4v) is 18.4. The zero-order chi connectivity index (χ0) is 70.0. The highest BCUT2D eigenvalue weighted by atomic mass is 15.2. The Bertz CT molecular complexity index is 6850. The normalized spacial score (nSPS) is 13.7. The first kappa shape index (κ1) is 60.7. The molecule has 19 aromatic rings. The van der Waals surface area contributed by atoms with Crippen molar-refractivity contribution in [3.05, 3.63) is 367 Å². The SMILES string of the molecule is CC1(C)c2ccccc2-c2ccc(-n3c4ccccc4c4cc(-c5ccc6c(c5)c5ccccc5n6C(=N)NC(Cc5ccc(-c6ccc(-n7c8ccccc8c8cc(-c9ccc%10c(c9)c9ccccc9n%10-c9ccc%10c(c9)C(C)(C)c9ccccc9-%10)ccc87)cc6)cc5)c5ccccc5)ccc43)cc21. The van der Waals surface area contributed by atoms with Crippen molar-refractivity contribution in [1.29, 1.82) is 5.41 Å². The summed E-state index contributed by atoms with van der Waals surface area (Å²) in [5.41, 5.74) is 32.5.